The maximum absolute atomic E-state index is 10.1. The van der Waals surface area contributed by atoms with E-state index in [4.69, 9.17) is 15.2 Å². The lowest BCUT2D eigenvalue weighted by atomic mass is 10.2. The molecule has 2 aromatic heterocycles. The number of nitrogens with two attached hydrogens (primary N) is 1. The second-order valence-corrected chi connectivity index (χ2v) is 6.08. The van der Waals surface area contributed by atoms with Gasteiger partial charge in [-0.05, 0) is 5.56 Å². The molecule has 1 fully saturated rings. The summed E-state index contributed by atoms with van der Waals surface area (Å²) in [6.45, 7) is 0.0256. The molecule has 1 aromatic carbocycles. The Morgan fingerprint density at radius 1 is 1.27 bits per heavy atom. The van der Waals surface area contributed by atoms with Gasteiger partial charge in [-0.3, -0.25) is 4.57 Å². The quantitative estimate of drug-likeness (QED) is 0.606. The van der Waals surface area contributed by atoms with E-state index in [2.05, 4.69) is 15.0 Å². The fraction of sp³-hybridized carbons (Fsp3) is 0.353. The number of ether oxygens (including phenoxy) is 2. The summed E-state index contributed by atoms with van der Waals surface area (Å²) in [6, 6.07) is 9.93. The molecule has 1 saturated heterocycles. The molecule has 0 amide bonds. The van der Waals surface area contributed by atoms with E-state index in [0.717, 1.165) is 5.56 Å². The smallest absolute Gasteiger partial charge is 0.301 e. The van der Waals surface area contributed by atoms with Crippen molar-refractivity contribution in [2.45, 2.75) is 31.5 Å². The first-order valence-electron chi connectivity index (χ1n) is 8.27. The zero-order valence-corrected chi connectivity index (χ0v) is 13.9. The van der Waals surface area contributed by atoms with E-state index in [1.54, 1.807) is 4.57 Å². The summed E-state index contributed by atoms with van der Waals surface area (Å²) >= 11 is 0. The van der Waals surface area contributed by atoms with Crippen LogP contribution >= 0.6 is 0 Å². The third-order valence-corrected chi connectivity index (χ3v) is 4.36. The summed E-state index contributed by atoms with van der Waals surface area (Å²) in [4.78, 5) is 12.6. The lowest BCUT2D eigenvalue weighted by molar-refractivity contribution is -0.0456. The maximum atomic E-state index is 10.1. The normalized spacial score (nSPS) is 22.8. The maximum Gasteiger partial charge on any atom is 0.301 e. The molecular formula is C17H19N5O4. The highest BCUT2D eigenvalue weighted by Gasteiger charge is 2.37. The number of hydrogen-bond donors (Lipinski definition) is 3. The fourth-order valence-electron chi connectivity index (χ4n) is 3.03. The van der Waals surface area contributed by atoms with Crippen LogP contribution in [0.25, 0.3) is 11.2 Å². The van der Waals surface area contributed by atoms with E-state index in [1.807, 2.05) is 30.3 Å². The first-order chi connectivity index (χ1) is 12.7. The Balaban J connectivity index is 1.71. The highest BCUT2D eigenvalue weighted by atomic mass is 16.6. The number of rotatable bonds is 5. The van der Waals surface area contributed by atoms with Crippen LogP contribution in [-0.2, 0) is 11.3 Å². The van der Waals surface area contributed by atoms with Gasteiger partial charge in [0.05, 0.1) is 12.7 Å². The molecule has 0 bridgehead atoms. The molecular weight excluding hydrogens is 338 g/mol. The molecule has 0 saturated carbocycles. The number of imidazole rings is 1. The minimum Gasteiger partial charge on any atom is -0.460 e. The Hall–Kier alpha value is -2.75. The molecule has 0 spiro atoms. The molecule has 9 heteroatoms. The number of aliphatic hydroxyl groups is 2. The van der Waals surface area contributed by atoms with Crippen molar-refractivity contribution in [1.82, 2.24) is 19.5 Å². The summed E-state index contributed by atoms with van der Waals surface area (Å²) in [6.07, 6.45) is -0.414. The van der Waals surface area contributed by atoms with Gasteiger partial charge in [0.25, 0.3) is 0 Å². The van der Waals surface area contributed by atoms with Crippen LogP contribution in [0.3, 0.4) is 0 Å². The zero-order chi connectivity index (χ0) is 18.1. The van der Waals surface area contributed by atoms with Crippen LogP contribution in [0.1, 0.15) is 18.2 Å². The Morgan fingerprint density at radius 3 is 2.81 bits per heavy atom. The summed E-state index contributed by atoms with van der Waals surface area (Å²) in [5, 5.41) is 19.4. The second-order valence-electron chi connectivity index (χ2n) is 6.08. The number of fused-ring (bicyclic) bond motifs is 1. The Kier molecular flexibility index (Phi) is 4.41. The van der Waals surface area contributed by atoms with Crippen LogP contribution in [0.2, 0.25) is 0 Å². The molecule has 1 unspecified atom stereocenters. The third kappa shape index (κ3) is 2.96. The number of nitrogen functional groups attached to an aromatic ring is 1. The molecule has 1 aliphatic heterocycles. The lowest BCUT2D eigenvalue weighted by Crippen LogP contribution is -2.24. The van der Waals surface area contributed by atoms with Crippen LogP contribution < -0.4 is 10.5 Å². The molecule has 26 heavy (non-hydrogen) atoms. The van der Waals surface area contributed by atoms with Gasteiger partial charge in [0.15, 0.2) is 17.0 Å². The fourth-order valence-corrected chi connectivity index (χ4v) is 3.03. The first kappa shape index (κ1) is 16.7. The molecule has 0 aliphatic carbocycles. The molecule has 4 rings (SSSR count). The minimum absolute atomic E-state index is 0.232. The summed E-state index contributed by atoms with van der Waals surface area (Å²) < 4.78 is 13.3. The van der Waals surface area contributed by atoms with Gasteiger partial charge >= 0.3 is 6.01 Å². The Morgan fingerprint density at radius 2 is 2.08 bits per heavy atom. The highest BCUT2D eigenvalue weighted by Crippen LogP contribution is 2.35. The van der Waals surface area contributed by atoms with Gasteiger partial charge < -0.3 is 25.4 Å². The van der Waals surface area contributed by atoms with E-state index in [-0.39, 0.29) is 24.9 Å². The van der Waals surface area contributed by atoms with E-state index in [9.17, 15) is 10.2 Å². The van der Waals surface area contributed by atoms with Gasteiger partial charge in [0.1, 0.15) is 25.3 Å². The number of aliphatic hydroxyl groups excluding tert-OH is 2. The van der Waals surface area contributed by atoms with Crippen molar-refractivity contribution in [2.24, 2.45) is 0 Å². The molecule has 3 atom stereocenters. The highest BCUT2D eigenvalue weighted by molar-refractivity contribution is 5.82. The van der Waals surface area contributed by atoms with Gasteiger partial charge in [0.2, 0.25) is 0 Å². The van der Waals surface area contributed by atoms with E-state index in [1.165, 1.54) is 6.33 Å². The Bertz CT molecular complexity index is 901. The second kappa shape index (κ2) is 6.87. The largest absolute Gasteiger partial charge is 0.460 e. The van der Waals surface area contributed by atoms with Crippen molar-refractivity contribution in [2.75, 3.05) is 12.3 Å². The number of nitrogens with zero attached hydrogens (tertiary/aromatic N) is 4. The van der Waals surface area contributed by atoms with Crippen LogP contribution in [0.4, 0.5) is 5.82 Å². The van der Waals surface area contributed by atoms with Gasteiger partial charge in [-0.1, -0.05) is 30.3 Å². The van der Waals surface area contributed by atoms with Gasteiger partial charge in [0, 0.05) is 6.42 Å². The van der Waals surface area contributed by atoms with Gasteiger partial charge in [-0.2, -0.15) is 4.98 Å². The van der Waals surface area contributed by atoms with Crippen molar-refractivity contribution < 1.29 is 19.7 Å². The number of aromatic nitrogens is 4. The van der Waals surface area contributed by atoms with Crippen molar-refractivity contribution in [3.63, 3.8) is 0 Å². The average molecular weight is 357 g/mol. The van der Waals surface area contributed by atoms with Crippen LogP contribution in [-0.4, -0.2) is 48.5 Å². The predicted molar refractivity (Wildman–Crippen MR) is 92.1 cm³/mol. The van der Waals surface area contributed by atoms with Crippen molar-refractivity contribution >= 4 is 17.0 Å². The molecule has 3 heterocycles. The van der Waals surface area contributed by atoms with Crippen molar-refractivity contribution in [3.05, 3.63) is 42.2 Å². The predicted octanol–water partition coefficient (Wildman–Crippen LogP) is 0.628. The molecule has 9 nitrogen and oxygen atoms in total. The number of benzene rings is 1. The van der Waals surface area contributed by atoms with Crippen molar-refractivity contribution in [1.29, 1.82) is 0 Å². The lowest BCUT2D eigenvalue weighted by Gasteiger charge is -2.16. The van der Waals surface area contributed by atoms with Crippen LogP contribution in [0, 0.1) is 0 Å². The Labute approximate surface area is 149 Å². The molecule has 3 aromatic rings. The molecule has 4 N–H and O–H groups in total. The molecule has 0 radical (unpaired) electrons. The summed E-state index contributed by atoms with van der Waals surface area (Å²) in [5.74, 6) is 0.232. The minimum atomic E-state index is -0.788. The van der Waals surface area contributed by atoms with Crippen LogP contribution in [0.15, 0.2) is 36.7 Å². The topological polar surface area (TPSA) is 129 Å². The van der Waals surface area contributed by atoms with Crippen LogP contribution in [0.5, 0.6) is 6.01 Å². The van der Waals surface area contributed by atoms with Gasteiger partial charge in [-0.25, -0.2) is 9.97 Å². The zero-order valence-electron chi connectivity index (χ0n) is 13.9. The monoisotopic (exact) mass is 357 g/mol. The van der Waals surface area contributed by atoms with E-state index >= 15 is 0 Å². The van der Waals surface area contributed by atoms with E-state index < -0.39 is 18.4 Å². The average Bonchev–Trinajstić information content (AvgIpc) is 3.21. The summed E-state index contributed by atoms with van der Waals surface area (Å²) in [7, 11) is 0. The molecule has 136 valence electrons. The molecule has 1 aliphatic rings. The van der Waals surface area contributed by atoms with E-state index in [0.29, 0.717) is 17.8 Å². The number of hydrogen-bond acceptors (Lipinski definition) is 8. The summed E-state index contributed by atoms with van der Waals surface area (Å²) in [5.41, 5.74) is 7.75. The SMILES string of the molecule is Nc1ncnc2c1nc(OCc1ccccc1)n2[C@H]1CC(O)[C@@H](CO)O1. The first-order valence-corrected chi connectivity index (χ1v) is 8.27. The third-order valence-electron chi connectivity index (χ3n) is 4.36. The standard InChI is InChI=1S/C17H19N5O4/c18-15-14-16(20-9-19-15)22(13-6-11(24)12(7-23)26-13)17(21-14)25-8-10-4-2-1-3-5-10/h1-5,9,11-13,23-24H,6-8H2,(H2,18,19,20)/t11?,12-,13-/m1/s1. The van der Waals surface area contributed by atoms with Crippen molar-refractivity contribution in [3.8, 4) is 6.01 Å². The van der Waals surface area contributed by atoms with Gasteiger partial charge in [-0.15, -0.1) is 0 Å². The number of anilines is 1.